The van der Waals surface area contributed by atoms with E-state index in [0.717, 1.165) is 34.2 Å². The number of aliphatic carboxylic acids is 1. The van der Waals surface area contributed by atoms with E-state index in [0.29, 0.717) is 11.0 Å². The van der Waals surface area contributed by atoms with Gasteiger partial charge in [0.2, 0.25) is 0 Å². The van der Waals surface area contributed by atoms with Gasteiger partial charge in [-0.05, 0) is 36.3 Å². The second-order valence-corrected chi connectivity index (χ2v) is 9.35. The molecule has 0 spiro atoms. The highest BCUT2D eigenvalue weighted by Gasteiger charge is 2.25. The van der Waals surface area contributed by atoms with Crippen molar-refractivity contribution in [2.75, 3.05) is 23.0 Å². The average Bonchev–Trinajstić information content (AvgIpc) is 3.14. The van der Waals surface area contributed by atoms with Gasteiger partial charge in [-0.25, -0.2) is 9.78 Å². The van der Waals surface area contributed by atoms with Gasteiger partial charge < -0.3 is 5.11 Å². The number of anilines is 2. The molecule has 2 amide bonds. The molecule has 9 heteroatoms. The Balaban J connectivity index is 1.67. The molecule has 0 atom stereocenters. The summed E-state index contributed by atoms with van der Waals surface area (Å²) >= 11 is 2.45. The normalized spacial score (nSPS) is 19.2. The lowest BCUT2D eigenvalue weighted by Gasteiger charge is -2.29. The van der Waals surface area contributed by atoms with Crippen molar-refractivity contribution in [1.82, 2.24) is 9.97 Å². The van der Waals surface area contributed by atoms with Gasteiger partial charge in [-0.3, -0.25) is 20.0 Å². The maximum Gasteiger partial charge on any atom is 0.327 e. The minimum absolute atomic E-state index is 0.0319. The minimum atomic E-state index is -0.883. The maximum absolute atomic E-state index is 12.7. The minimum Gasteiger partial charge on any atom is -0.481 e. The number of carboxylic acids is 1. The predicted octanol–water partition coefficient (Wildman–Crippen LogP) is 4.68. The van der Waals surface area contributed by atoms with Gasteiger partial charge in [0, 0.05) is 19.4 Å². The van der Waals surface area contributed by atoms with E-state index in [-0.39, 0.29) is 11.8 Å². The van der Waals surface area contributed by atoms with Gasteiger partial charge in [0.25, 0.3) is 0 Å². The average molecular weight is 421 g/mol. The van der Waals surface area contributed by atoms with E-state index in [1.165, 1.54) is 35.9 Å². The lowest BCUT2D eigenvalue weighted by atomic mass is 9.79. The van der Waals surface area contributed by atoms with Crippen LogP contribution in [0.1, 0.15) is 44.1 Å². The van der Waals surface area contributed by atoms with E-state index in [4.69, 9.17) is 5.11 Å². The second kappa shape index (κ2) is 9.38. The molecule has 1 fully saturated rings. The van der Waals surface area contributed by atoms with Crippen LogP contribution in [0.2, 0.25) is 0 Å². The van der Waals surface area contributed by atoms with Gasteiger partial charge in [-0.2, -0.15) is 0 Å². The van der Waals surface area contributed by atoms with Crippen molar-refractivity contribution in [3.63, 3.8) is 0 Å². The number of nitrogens with one attached hydrogen (secondary N) is 1. The molecule has 0 unspecified atom stereocenters. The summed E-state index contributed by atoms with van der Waals surface area (Å²) in [6.07, 6.45) is 9.80. The van der Waals surface area contributed by atoms with E-state index in [1.807, 2.05) is 12.3 Å². The highest BCUT2D eigenvalue weighted by atomic mass is 32.2. The van der Waals surface area contributed by atoms with E-state index >= 15 is 0 Å². The molecule has 1 aliphatic rings. The van der Waals surface area contributed by atoms with E-state index in [2.05, 4.69) is 22.2 Å². The SMILES string of the molecule is CC1CCC(c2cnccc2N(C)C(=O)Nc2ncc(SCC(=O)O)s2)CC1. The van der Waals surface area contributed by atoms with Gasteiger partial charge in [0.15, 0.2) is 5.13 Å². The van der Waals surface area contributed by atoms with Crippen LogP contribution in [-0.2, 0) is 4.79 Å². The summed E-state index contributed by atoms with van der Waals surface area (Å²) < 4.78 is 0.751. The third-order valence-electron chi connectivity index (χ3n) is 4.99. The number of carbonyl (C=O) groups excluding carboxylic acids is 1. The number of carbonyl (C=O) groups is 2. The number of carboxylic acid groups (broad SMARTS) is 1. The zero-order valence-corrected chi connectivity index (χ0v) is 17.6. The second-order valence-electron chi connectivity index (χ2n) is 7.05. The van der Waals surface area contributed by atoms with Crippen LogP contribution in [0.15, 0.2) is 28.9 Å². The Kier molecular flexibility index (Phi) is 6.90. The summed E-state index contributed by atoms with van der Waals surface area (Å²) in [5.74, 6) is 0.270. The van der Waals surface area contributed by atoms with Gasteiger partial charge in [-0.15, -0.1) is 11.8 Å². The van der Waals surface area contributed by atoms with Crippen LogP contribution in [-0.4, -0.2) is 39.9 Å². The molecule has 2 aromatic rings. The molecule has 0 radical (unpaired) electrons. The molecule has 3 rings (SSSR count). The number of hydrogen-bond acceptors (Lipinski definition) is 6. The van der Waals surface area contributed by atoms with Crippen molar-refractivity contribution in [3.05, 3.63) is 30.2 Å². The first-order valence-electron chi connectivity index (χ1n) is 9.23. The molecule has 0 saturated heterocycles. The van der Waals surface area contributed by atoms with E-state index in [1.54, 1.807) is 24.3 Å². The number of rotatable bonds is 6. The zero-order chi connectivity index (χ0) is 20.1. The van der Waals surface area contributed by atoms with Crippen LogP contribution in [0.5, 0.6) is 0 Å². The molecular formula is C19H24N4O3S2. The van der Waals surface area contributed by atoms with E-state index in [9.17, 15) is 9.59 Å². The van der Waals surface area contributed by atoms with Crippen molar-refractivity contribution < 1.29 is 14.7 Å². The fourth-order valence-electron chi connectivity index (χ4n) is 3.39. The van der Waals surface area contributed by atoms with Crippen LogP contribution in [0, 0.1) is 5.92 Å². The van der Waals surface area contributed by atoms with Crippen molar-refractivity contribution in [3.8, 4) is 0 Å². The fourth-order valence-corrected chi connectivity index (χ4v) is 4.97. The fraction of sp³-hybridized carbons (Fsp3) is 0.474. The smallest absolute Gasteiger partial charge is 0.327 e. The maximum atomic E-state index is 12.7. The quantitative estimate of drug-likeness (QED) is 0.659. The lowest BCUT2D eigenvalue weighted by molar-refractivity contribution is -0.133. The highest BCUT2D eigenvalue weighted by molar-refractivity contribution is 8.01. The van der Waals surface area contributed by atoms with Crippen LogP contribution < -0.4 is 10.2 Å². The first-order valence-corrected chi connectivity index (χ1v) is 11.0. The van der Waals surface area contributed by atoms with Crippen LogP contribution in [0.4, 0.5) is 15.6 Å². The summed E-state index contributed by atoms with van der Waals surface area (Å²) in [6, 6.07) is 1.60. The molecule has 2 aromatic heterocycles. The highest BCUT2D eigenvalue weighted by Crippen LogP contribution is 2.39. The summed E-state index contributed by atoms with van der Waals surface area (Å²) in [7, 11) is 1.74. The van der Waals surface area contributed by atoms with Crippen molar-refractivity contribution >= 4 is 45.9 Å². The third kappa shape index (κ3) is 5.23. The Morgan fingerprint density at radius 2 is 2.07 bits per heavy atom. The molecule has 2 N–H and O–H groups in total. The molecule has 1 aliphatic carbocycles. The largest absolute Gasteiger partial charge is 0.481 e. The Morgan fingerprint density at radius 1 is 1.32 bits per heavy atom. The van der Waals surface area contributed by atoms with Gasteiger partial charge in [-0.1, -0.05) is 31.1 Å². The predicted molar refractivity (Wildman–Crippen MR) is 113 cm³/mol. The Hall–Kier alpha value is -2.13. The van der Waals surface area contributed by atoms with Crippen molar-refractivity contribution in [1.29, 1.82) is 0 Å². The number of amides is 2. The monoisotopic (exact) mass is 420 g/mol. The van der Waals surface area contributed by atoms with Gasteiger partial charge in [0.05, 0.1) is 21.8 Å². The molecule has 2 heterocycles. The molecule has 28 heavy (non-hydrogen) atoms. The standard InChI is InChI=1S/C19H24N4O3S2/c1-12-3-5-13(6-4-12)14-9-20-8-7-15(14)23(2)19(26)22-18-21-10-17(28-18)27-11-16(24)25/h7-10,12-13H,3-6,11H2,1-2H3,(H,24,25)(H,21,22,26). The topological polar surface area (TPSA) is 95.4 Å². The Labute approximate surface area is 172 Å². The van der Waals surface area contributed by atoms with Crippen molar-refractivity contribution in [2.45, 2.75) is 42.7 Å². The molecule has 0 bridgehead atoms. The van der Waals surface area contributed by atoms with Crippen LogP contribution >= 0.6 is 23.1 Å². The van der Waals surface area contributed by atoms with E-state index < -0.39 is 5.97 Å². The Bertz CT molecular complexity index is 834. The first kappa shape index (κ1) is 20.6. The molecule has 0 aromatic carbocycles. The number of thiazole rings is 1. The zero-order valence-electron chi connectivity index (χ0n) is 15.9. The van der Waals surface area contributed by atoms with Gasteiger partial charge >= 0.3 is 12.0 Å². The number of thioether (sulfide) groups is 1. The number of aromatic nitrogens is 2. The number of hydrogen-bond donors (Lipinski definition) is 2. The summed E-state index contributed by atoms with van der Waals surface area (Å²) in [4.78, 5) is 33.4. The van der Waals surface area contributed by atoms with Crippen molar-refractivity contribution in [2.24, 2.45) is 5.92 Å². The summed E-state index contributed by atoms with van der Waals surface area (Å²) in [5.41, 5.74) is 1.98. The number of pyridine rings is 1. The molecule has 0 aliphatic heterocycles. The van der Waals surface area contributed by atoms with Crippen LogP contribution in [0.3, 0.4) is 0 Å². The third-order valence-corrected chi connectivity index (χ3v) is 7.08. The number of urea groups is 1. The molecule has 7 nitrogen and oxygen atoms in total. The van der Waals surface area contributed by atoms with Crippen LogP contribution in [0.25, 0.3) is 0 Å². The summed E-state index contributed by atoms with van der Waals surface area (Å²) in [5, 5.41) is 12.0. The summed E-state index contributed by atoms with van der Waals surface area (Å²) in [6.45, 7) is 2.29. The molecular weight excluding hydrogens is 396 g/mol. The number of nitrogens with zero attached hydrogens (tertiary/aromatic N) is 3. The Morgan fingerprint density at radius 3 is 2.79 bits per heavy atom. The molecule has 1 saturated carbocycles. The lowest BCUT2D eigenvalue weighted by Crippen LogP contribution is -2.32. The molecule has 150 valence electrons. The van der Waals surface area contributed by atoms with Gasteiger partial charge in [0.1, 0.15) is 0 Å². The first-order chi connectivity index (χ1) is 13.4.